The number of Topliss-reactive ketones (excluding diaryl/α,β-unsaturated/α-hetero) is 1. The lowest BCUT2D eigenvalue weighted by Crippen LogP contribution is -2.58. The van der Waals surface area contributed by atoms with E-state index in [4.69, 9.17) is 5.73 Å². The van der Waals surface area contributed by atoms with Crippen molar-refractivity contribution in [1.82, 2.24) is 0 Å². The van der Waals surface area contributed by atoms with E-state index >= 15 is 0 Å². The second-order valence-corrected chi connectivity index (χ2v) is 5.53. The predicted octanol–water partition coefficient (Wildman–Crippen LogP) is 1.72. The van der Waals surface area contributed by atoms with E-state index in [1.54, 1.807) is 0 Å². The summed E-state index contributed by atoms with van der Waals surface area (Å²) in [6.07, 6.45) is 6.85. The molecule has 4 nitrogen and oxygen atoms in total. The normalized spacial score (nSPS) is 34.8. The fourth-order valence-electron chi connectivity index (χ4n) is 3.34. The Bertz CT molecular complexity index is 323. The number of nitrogens with two attached hydrogens (primary N) is 1. The molecule has 2 rings (SSSR count). The maximum Gasteiger partial charge on any atom is 0.324 e. The zero-order valence-corrected chi connectivity index (χ0v) is 10.2. The molecule has 4 heteroatoms. The minimum absolute atomic E-state index is 0.0698. The second kappa shape index (κ2) is 4.77. The van der Waals surface area contributed by atoms with Gasteiger partial charge in [0.2, 0.25) is 0 Å². The standard InChI is InChI=1S/C13H21NO3/c14-13(12(16)17)8-4-3-7-10(13)11(15)9-5-1-2-6-9/h9-10H,1-8,14H2,(H,16,17). The van der Waals surface area contributed by atoms with Crippen LogP contribution in [0.1, 0.15) is 51.4 Å². The Hall–Kier alpha value is -0.900. The number of carboxylic acid groups (broad SMARTS) is 1. The van der Waals surface area contributed by atoms with Gasteiger partial charge in [0.05, 0.1) is 0 Å². The van der Waals surface area contributed by atoms with Gasteiger partial charge in [0, 0.05) is 11.8 Å². The van der Waals surface area contributed by atoms with Crippen molar-refractivity contribution in [2.45, 2.75) is 56.9 Å². The molecule has 0 radical (unpaired) electrons. The quantitative estimate of drug-likeness (QED) is 0.785. The summed E-state index contributed by atoms with van der Waals surface area (Å²) in [5, 5.41) is 9.28. The van der Waals surface area contributed by atoms with Gasteiger partial charge in [-0.3, -0.25) is 9.59 Å². The van der Waals surface area contributed by atoms with Crippen molar-refractivity contribution in [3.8, 4) is 0 Å². The highest BCUT2D eigenvalue weighted by atomic mass is 16.4. The molecule has 2 atom stereocenters. The van der Waals surface area contributed by atoms with E-state index in [0.29, 0.717) is 12.8 Å². The number of carboxylic acids is 1. The van der Waals surface area contributed by atoms with Crippen LogP contribution in [0.5, 0.6) is 0 Å². The van der Waals surface area contributed by atoms with E-state index in [2.05, 4.69) is 0 Å². The van der Waals surface area contributed by atoms with E-state index in [1.807, 2.05) is 0 Å². The second-order valence-electron chi connectivity index (χ2n) is 5.53. The minimum atomic E-state index is -1.31. The Morgan fingerprint density at radius 3 is 2.24 bits per heavy atom. The first kappa shape index (κ1) is 12.6. The van der Waals surface area contributed by atoms with Gasteiger partial charge in [-0.25, -0.2) is 0 Å². The molecule has 17 heavy (non-hydrogen) atoms. The van der Waals surface area contributed by atoms with Gasteiger partial charge in [-0.15, -0.1) is 0 Å². The molecule has 2 aliphatic rings. The van der Waals surface area contributed by atoms with Crippen LogP contribution in [0.25, 0.3) is 0 Å². The number of aliphatic carboxylic acids is 1. The van der Waals surface area contributed by atoms with Gasteiger partial charge in [0.15, 0.2) is 0 Å². The molecule has 0 aliphatic heterocycles. The number of carbonyl (C=O) groups is 2. The third kappa shape index (κ3) is 2.23. The Morgan fingerprint density at radius 2 is 1.65 bits per heavy atom. The number of hydrogen-bond acceptors (Lipinski definition) is 3. The number of rotatable bonds is 3. The summed E-state index contributed by atoms with van der Waals surface area (Å²) in [6, 6.07) is 0. The molecule has 0 amide bonds. The molecule has 0 aromatic heterocycles. The summed E-state index contributed by atoms with van der Waals surface area (Å²) in [4.78, 5) is 23.7. The van der Waals surface area contributed by atoms with Crippen molar-refractivity contribution < 1.29 is 14.7 Å². The van der Waals surface area contributed by atoms with Crippen molar-refractivity contribution in [3.05, 3.63) is 0 Å². The lowest BCUT2D eigenvalue weighted by atomic mass is 9.69. The van der Waals surface area contributed by atoms with E-state index in [-0.39, 0.29) is 11.7 Å². The molecule has 2 aliphatic carbocycles. The zero-order valence-electron chi connectivity index (χ0n) is 10.2. The third-order valence-electron chi connectivity index (χ3n) is 4.45. The van der Waals surface area contributed by atoms with Gasteiger partial charge in [0.1, 0.15) is 11.3 Å². The maximum absolute atomic E-state index is 12.4. The molecule has 2 fully saturated rings. The lowest BCUT2D eigenvalue weighted by Gasteiger charge is -2.37. The van der Waals surface area contributed by atoms with Crippen LogP contribution in [-0.4, -0.2) is 22.4 Å². The first-order chi connectivity index (χ1) is 8.05. The van der Waals surface area contributed by atoms with Crippen LogP contribution in [0.15, 0.2) is 0 Å². The van der Waals surface area contributed by atoms with Crippen LogP contribution < -0.4 is 5.73 Å². The van der Waals surface area contributed by atoms with Gasteiger partial charge in [-0.1, -0.05) is 25.7 Å². The maximum atomic E-state index is 12.4. The molecular weight excluding hydrogens is 218 g/mol. The predicted molar refractivity (Wildman–Crippen MR) is 63.5 cm³/mol. The summed E-state index contributed by atoms with van der Waals surface area (Å²) < 4.78 is 0. The molecule has 0 aromatic rings. The van der Waals surface area contributed by atoms with Gasteiger partial charge in [0.25, 0.3) is 0 Å². The summed E-state index contributed by atoms with van der Waals surface area (Å²) in [5.41, 5.74) is 4.69. The van der Waals surface area contributed by atoms with Crippen molar-refractivity contribution in [2.24, 2.45) is 17.6 Å². The van der Waals surface area contributed by atoms with E-state index < -0.39 is 17.4 Å². The molecule has 0 saturated heterocycles. The van der Waals surface area contributed by atoms with Crippen LogP contribution in [0.4, 0.5) is 0 Å². The minimum Gasteiger partial charge on any atom is -0.480 e. The SMILES string of the molecule is NC1(C(=O)O)CCCCC1C(=O)C1CCCC1. The van der Waals surface area contributed by atoms with Crippen LogP contribution in [-0.2, 0) is 9.59 Å². The highest BCUT2D eigenvalue weighted by molar-refractivity contribution is 5.92. The van der Waals surface area contributed by atoms with Crippen LogP contribution in [0.2, 0.25) is 0 Å². The first-order valence-corrected chi connectivity index (χ1v) is 6.61. The fourth-order valence-corrected chi connectivity index (χ4v) is 3.34. The Morgan fingerprint density at radius 1 is 1.06 bits per heavy atom. The Balaban J connectivity index is 2.15. The highest BCUT2D eigenvalue weighted by Gasteiger charge is 2.48. The van der Waals surface area contributed by atoms with Crippen molar-refractivity contribution >= 4 is 11.8 Å². The van der Waals surface area contributed by atoms with Crippen molar-refractivity contribution in [3.63, 3.8) is 0 Å². The monoisotopic (exact) mass is 239 g/mol. The van der Waals surface area contributed by atoms with E-state index in [9.17, 15) is 14.7 Å². The Labute approximate surface area is 102 Å². The first-order valence-electron chi connectivity index (χ1n) is 6.61. The number of carbonyl (C=O) groups excluding carboxylic acids is 1. The molecule has 0 spiro atoms. The molecule has 3 N–H and O–H groups in total. The van der Waals surface area contributed by atoms with E-state index in [0.717, 1.165) is 38.5 Å². The molecule has 2 unspecified atom stereocenters. The topological polar surface area (TPSA) is 80.4 Å². The Kier molecular flexibility index (Phi) is 3.52. The average molecular weight is 239 g/mol. The number of hydrogen-bond donors (Lipinski definition) is 2. The molecular formula is C13H21NO3. The van der Waals surface area contributed by atoms with Gasteiger partial charge in [-0.05, 0) is 25.7 Å². The molecule has 96 valence electrons. The molecule has 2 saturated carbocycles. The molecule has 0 aromatic carbocycles. The van der Waals surface area contributed by atoms with Crippen LogP contribution in [0, 0.1) is 11.8 Å². The summed E-state index contributed by atoms with van der Waals surface area (Å²) in [7, 11) is 0. The number of ketones is 1. The van der Waals surface area contributed by atoms with Crippen LogP contribution in [0.3, 0.4) is 0 Å². The summed E-state index contributed by atoms with van der Waals surface area (Å²) >= 11 is 0. The lowest BCUT2D eigenvalue weighted by molar-refractivity contribution is -0.151. The van der Waals surface area contributed by atoms with Gasteiger partial charge < -0.3 is 10.8 Å². The summed E-state index contributed by atoms with van der Waals surface area (Å²) in [5.74, 6) is -1.28. The third-order valence-corrected chi connectivity index (χ3v) is 4.45. The fraction of sp³-hybridized carbons (Fsp3) is 0.846. The smallest absolute Gasteiger partial charge is 0.324 e. The average Bonchev–Trinajstić information content (AvgIpc) is 2.82. The largest absolute Gasteiger partial charge is 0.480 e. The molecule has 0 bridgehead atoms. The van der Waals surface area contributed by atoms with Gasteiger partial charge in [-0.2, -0.15) is 0 Å². The molecule has 0 heterocycles. The summed E-state index contributed by atoms with van der Waals surface area (Å²) in [6.45, 7) is 0. The van der Waals surface area contributed by atoms with Crippen molar-refractivity contribution in [1.29, 1.82) is 0 Å². The van der Waals surface area contributed by atoms with E-state index in [1.165, 1.54) is 0 Å². The van der Waals surface area contributed by atoms with Crippen molar-refractivity contribution in [2.75, 3.05) is 0 Å². The van der Waals surface area contributed by atoms with Gasteiger partial charge >= 0.3 is 5.97 Å². The van der Waals surface area contributed by atoms with Crippen LogP contribution >= 0.6 is 0 Å². The highest BCUT2D eigenvalue weighted by Crippen LogP contribution is 2.38. The zero-order chi connectivity index (χ0) is 12.5.